The summed E-state index contributed by atoms with van der Waals surface area (Å²) in [5.41, 5.74) is 0.235. The molecule has 1 amide bonds. The van der Waals surface area contributed by atoms with Crippen molar-refractivity contribution >= 4 is 33.0 Å². The summed E-state index contributed by atoms with van der Waals surface area (Å²) < 4.78 is 39.7. The lowest BCUT2D eigenvalue weighted by Crippen LogP contribution is -2.42. The fourth-order valence-corrected chi connectivity index (χ4v) is 4.46. The number of nitrogens with zero attached hydrogens (tertiary/aromatic N) is 1. The minimum atomic E-state index is -3.89. The number of nitrogens with one attached hydrogen (secondary N) is 1. The normalized spacial score (nSPS) is 11.5. The van der Waals surface area contributed by atoms with E-state index < -0.39 is 21.7 Å². The number of thiophene rings is 1. The Balaban J connectivity index is 2.39. The zero-order valence-corrected chi connectivity index (χ0v) is 14.3. The Bertz CT molecular complexity index is 757. The molecule has 0 aliphatic heterocycles. The number of carbonyl (C=O) groups excluding carboxylic acids is 1. The highest BCUT2D eigenvalue weighted by atomic mass is 32.2. The van der Waals surface area contributed by atoms with E-state index in [-0.39, 0.29) is 22.5 Å². The van der Waals surface area contributed by atoms with Crippen molar-refractivity contribution in [2.24, 2.45) is 0 Å². The summed E-state index contributed by atoms with van der Waals surface area (Å²) in [4.78, 5) is 12.0. The van der Waals surface area contributed by atoms with Crippen molar-refractivity contribution in [2.45, 2.75) is 24.1 Å². The number of amides is 1. The Hall–Kier alpha value is -1.93. The molecule has 23 heavy (non-hydrogen) atoms. The molecular weight excluding hydrogens is 339 g/mol. The maximum absolute atomic E-state index is 13.1. The Morgan fingerprint density at radius 3 is 2.43 bits per heavy atom. The average molecular weight is 356 g/mol. The number of rotatable bonds is 6. The number of benzene rings is 1. The van der Waals surface area contributed by atoms with Crippen LogP contribution in [0.15, 0.2) is 46.0 Å². The van der Waals surface area contributed by atoms with Crippen LogP contribution in [0.5, 0.6) is 0 Å². The second-order valence-electron chi connectivity index (χ2n) is 5.14. The molecule has 0 unspecified atom stereocenters. The highest BCUT2D eigenvalue weighted by Gasteiger charge is 2.28. The summed E-state index contributed by atoms with van der Waals surface area (Å²) >= 11 is 1.06. The third kappa shape index (κ3) is 4.29. The molecule has 0 radical (unpaired) electrons. The molecule has 0 atom stereocenters. The van der Waals surface area contributed by atoms with Gasteiger partial charge in [-0.15, -0.1) is 11.3 Å². The van der Waals surface area contributed by atoms with Gasteiger partial charge in [-0.05, 0) is 49.6 Å². The quantitative estimate of drug-likeness (QED) is 0.865. The van der Waals surface area contributed by atoms with Crippen molar-refractivity contribution in [2.75, 3.05) is 10.8 Å². The molecule has 0 spiro atoms. The van der Waals surface area contributed by atoms with Gasteiger partial charge in [0.2, 0.25) is 5.91 Å². The lowest BCUT2D eigenvalue weighted by Gasteiger charge is -2.23. The van der Waals surface area contributed by atoms with Gasteiger partial charge in [0, 0.05) is 6.04 Å². The van der Waals surface area contributed by atoms with Crippen molar-refractivity contribution in [3.8, 4) is 0 Å². The van der Waals surface area contributed by atoms with E-state index >= 15 is 0 Å². The molecule has 8 heteroatoms. The zero-order chi connectivity index (χ0) is 17.0. The second kappa shape index (κ2) is 7.10. The fourth-order valence-electron chi connectivity index (χ4n) is 1.94. The molecule has 0 saturated carbocycles. The van der Waals surface area contributed by atoms with E-state index in [2.05, 4.69) is 5.32 Å². The van der Waals surface area contributed by atoms with Gasteiger partial charge in [0.05, 0.1) is 5.69 Å². The smallest absolute Gasteiger partial charge is 0.274 e. The van der Waals surface area contributed by atoms with Crippen LogP contribution in [0, 0.1) is 5.82 Å². The molecule has 1 aromatic heterocycles. The third-order valence-corrected chi connectivity index (χ3v) is 6.04. The van der Waals surface area contributed by atoms with E-state index in [0.29, 0.717) is 0 Å². The molecule has 2 aromatic rings. The lowest BCUT2D eigenvalue weighted by atomic mass is 10.3. The first kappa shape index (κ1) is 17.4. The predicted molar refractivity (Wildman–Crippen MR) is 88.5 cm³/mol. The van der Waals surface area contributed by atoms with Crippen LogP contribution in [0.25, 0.3) is 0 Å². The van der Waals surface area contributed by atoms with Crippen molar-refractivity contribution in [1.29, 1.82) is 0 Å². The van der Waals surface area contributed by atoms with Crippen LogP contribution in [0.1, 0.15) is 13.8 Å². The van der Waals surface area contributed by atoms with E-state index in [1.165, 1.54) is 18.2 Å². The van der Waals surface area contributed by atoms with Crippen molar-refractivity contribution in [3.05, 3.63) is 47.6 Å². The summed E-state index contributed by atoms with van der Waals surface area (Å²) in [5, 5.41) is 4.30. The number of anilines is 1. The van der Waals surface area contributed by atoms with Gasteiger partial charge in [-0.25, -0.2) is 12.8 Å². The number of halogens is 1. The monoisotopic (exact) mass is 356 g/mol. The maximum Gasteiger partial charge on any atom is 0.274 e. The van der Waals surface area contributed by atoms with Gasteiger partial charge in [-0.3, -0.25) is 9.10 Å². The van der Waals surface area contributed by atoms with E-state index in [1.54, 1.807) is 25.3 Å². The summed E-state index contributed by atoms with van der Waals surface area (Å²) in [7, 11) is -3.89. The van der Waals surface area contributed by atoms with Gasteiger partial charge < -0.3 is 5.32 Å². The molecule has 2 rings (SSSR count). The maximum atomic E-state index is 13.1. The summed E-state index contributed by atoms with van der Waals surface area (Å²) in [5.74, 6) is -0.904. The molecule has 0 fully saturated rings. The first-order chi connectivity index (χ1) is 10.8. The standard InChI is InChI=1S/C15H17FN2O3S2/c1-11(2)17-14(19)10-18(13-7-5-12(16)6-8-13)23(20,21)15-4-3-9-22-15/h3-9,11H,10H2,1-2H3,(H,17,19). The fraction of sp³-hybridized carbons (Fsp3) is 0.267. The average Bonchev–Trinajstić information content (AvgIpc) is 3.00. The first-order valence-electron chi connectivity index (χ1n) is 6.92. The molecule has 0 bridgehead atoms. The van der Waals surface area contributed by atoms with Crippen LogP contribution in [0.3, 0.4) is 0 Å². The van der Waals surface area contributed by atoms with Gasteiger partial charge >= 0.3 is 0 Å². The Morgan fingerprint density at radius 2 is 1.91 bits per heavy atom. The van der Waals surface area contributed by atoms with Gasteiger partial charge in [-0.2, -0.15) is 0 Å². The van der Waals surface area contributed by atoms with E-state index in [1.807, 2.05) is 0 Å². The Labute approximate surface area is 138 Å². The zero-order valence-electron chi connectivity index (χ0n) is 12.7. The van der Waals surface area contributed by atoms with Crippen LogP contribution in [-0.4, -0.2) is 26.9 Å². The second-order valence-corrected chi connectivity index (χ2v) is 8.18. The summed E-state index contributed by atoms with van der Waals surface area (Å²) in [6.07, 6.45) is 0. The summed E-state index contributed by atoms with van der Waals surface area (Å²) in [6.45, 7) is 3.20. The first-order valence-corrected chi connectivity index (χ1v) is 9.24. The SMILES string of the molecule is CC(C)NC(=O)CN(c1ccc(F)cc1)S(=O)(=O)c1cccs1. The number of sulfonamides is 1. The molecule has 1 N–H and O–H groups in total. The third-order valence-electron chi connectivity index (χ3n) is 2.89. The highest BCUT2D eigenvalue weighted by molar-refractivity contribution is 7.94. The number of hydrogen-bond acceptors (Lipinski definition) is 4. The van der Waals surface area contributed by atoms with Gasteiger partial charge in [0.15, 0.2) is 0 Å². The largest absolute Gasteiger partial charge is 0.352 e. The van der Waals surface area contributed by atoms with Gasteiger partial charge in [0.25, 0.3) is 10.0 Å². The molecule has 1 heterocycles. The van der Waals surface area contributed by atoms with E-state index in [0.717, 1.165) is 27.8 Å². The minimum absolute atomic E-state index is 0.109. The Kier molecular flexibility index (Phi) is 5.38. The lowest BCUT2D eigenvalue weighted by molar-refractivity contribution is -0.120. The topological polar surface area (TPSA) is 66.5 Å². The van der Waals surface area contributed by atoms with Crippen LogP contribution < -0.4 is 9.62 Å². The molecule has 0 saturated heterocycles. The minimum Gasteiger partial charge on any atom is -0.352 e. The van der Waals surface area contributed by atoms with E-state index in [4.69, 9.17) is 0 Å². The highest BCUT2D eigenvalue weighted by Crippen LogP contribution is 2.26. The van der Waals surface area contributed by atoms with Gasteiger partial charge in [0.1, 0.15) is 16.6 Å². The van der Waals surface area contributed by atoms with E-state index in [9.17, 15) is 17.6 Å². The molecule has 5 nitrogen and oxygen atoms in total. The van der Waals surface area contributed by atoms with Crippen molar-refractivity contribution in [3.63, 3.8) is 0 Å². The van der Waals surface area contributed by atoms with Crippen LogP contribution >= 0.6 is 11.3 Å². The number of carbonyl (C=O) groups is 1. The molecule has 0 aliphatic carbocycles. The number of hydrogen-bond donors (Lipinski definition) is 1. The van der Waals surface area contributed by atoms with Crippen LogP contribution in [-0.2, 0) is 14.8 Å². The Morgan fingerprint density at radius 1 is 1.26 bits per heavy atom. The van der Waals surface area contributed by atoms with Crippen LogP contribution in [0.4, 0.5) is 10.1 Å². The predicted octanol–water partition coefficient (Wildman–Crippen LogP) is 2.61. The van der Waals surface area contributed by atoms with Gasteiger partial charge in [-0.1, -0.05) is 6.07 Å². The van der Waals surface area contributed by atoms with Crippen LogP contribution in [0.2, 0.25) is 0 Å². The molecule has 124 valence electrons. The van der Waals surface area contributed by atoms with Crippen molar-refractivity contribution in [1.82, 2.24) is 5.32 Å². The van der Waals surface area contributed by atoms with Crippen molar-refractivity contribution < 1.29 is 17.6 Å². The molecule has 1 aromatic carbocycles. The summed E-state index contributed by atoms with van der Waals surface area (Å²) in [6, 6.07) is 7.97. The molecular formula is C15H17FN2O3S2. The molecule has 0 aliphatic rings.